The minimum absolute atomic E-state index is 0.329. The molecule has 3 N–H and O–H groups in total. The summed E-state index contributed by atoms with van der Waals surface area (Å²) in [6.45, 7) is 2.12. The lowest BCUT2D eigenvalue weighted by atomic mass is 10.1. The van der Waals surface area contributed by atoms with Crippen molar-refractivity contribution in [2.24, 2.45) is 0 Å². The highest BCUT2D eigenvalue weighted by Crippen LogP contribution is 2.18. The van der Waals surface area contributed by atoms with Crippen LogP contribution >= 0.6 is 11.6 Å². The molecule has 0 radical (unpaired) electrons. The van der Waals surface area contributed by atoms with Gasteiger partial charge in [-0.15, -0.1) is 0 Å². The molecular weight excluding hydrogens is 364 g/mol. The number of nitrogens with one attached hydrogen (secondary N) is 3. The molecule has 0 fully saturated rings. The Bertz CT molecular complexity index is 1060. The van der Waals surface area contributed by atoms with Crippen molar-refractivity contribution in [2.75, 3.05) is 18.5 Å². The summed E-state index contributed by atoms with van der Waals surface area (Å²) in [6, 6.07) is 17.3. The summed E-state index contributed by atoms with van der Waals surface area (Å²) in [7, 11) is 0. The molecule has 2 heterocycles. The van der Waals surface area contributed by atoms with E-state index in [1.165, 1.54) is 15.0 Å². The van der Waals surface area contributed by atoms with Gasteiger partial charge in [0.05, 0.1) is 12.2 Å². The smallest absolute Gasteiger partial charge is 0.324 e. The summed E-state index contributed by atoms with van der Waals surface area (Å²) < 4.78 is 1.50. The molecule has 6 nitrogen and oxygen atoms in total. The van der Waals surface area contributed by atoms with Gasteiger partial charge in [-0.2, -0.15) is 0 Å². The fraction of sp³-hybridized carbons (Fsp3) is 0.200. The largest absolute Gasteiger partial charge is 0.334 e. The molecule has 1 unspecified atom stereocenters. The van der Waals surface area contributed by atoms with Gasteiger partial charge in [0.25, 0.3) is 5.56 Å². The number of fused-ring (bicyclic) bond motifs is 1. The van der Waals surface area contributed by atoms with Crippen molar-refractivity contribution in [2.45, 2.75) is 13.0 Å². The molecular formula is C20H20ClN4O2+. The van der Waals surface area contributed by atoms with Crippen molar-refractivity contribution in [3.63, 3.8) is 0 Å². The fourth-order valence-corrected chi connectivity index (χ4v) is 3.55. The zero-order valence-electron chi connectivity index (χ0n) is 14.7. The topological polar surface area (TPSA) is 71.3 Å². The predicted molar refractivity (Wildman–Crippen MR) is 106 cm³/mol. The average Bonchev–Trinajstić information content (AvgIpc) is 2.69. The van der Waals surface area contributed by atoms with Crippen LogP contribution < -0.4 is 21.5 Å². The Hall–Kier alpha value is -2.83. The van der Waals surface area contributed by atoms with Crippen LogP contribution in [-0.2, 0) is 13.0 Å². The van der Waals surface area contributed by atoms with E-state index in [-0.39, 0.29) is 5.56 Å². The third kappa shape index (κ3) is 3.67. The van der Waals surface area contributed by atoms with Crippen molar-refractivity contribution in [3.8, 4) is 5.69 Å². The van der Waals surface area contributed by atoms with Crippen LogP contribution in [0.1, 0.15) is 11.1 Å². The van der Waals surface area contributed by atoms with Crippen molar-refractivity contribution < 1.29 is 4.90 Å². The summed E-state index contributed by atoms with van der Waals surface area (Å²) in [5, 5.41) is 3.88. The summed E-state index contributed by atoms with van der Waals surface area (Å²) in [4.78, 5) is 28.5. The first-order valence-electron chi connectivity index (χ1n) is 8.87. The number of hydrogen-bond acceptors (Lipinski definition) is 3. The molecule has 0 aliphatic carbocycles. The lowest BCUT2D eigenvalue weighted by Gasteiger charge is -2.28. The summed E-state index contributed by atoms with van der Waals surface area (Å²) in [5.74, 6) is 0.564. The number of rotatable bonds is 4. The summed E-state index contributed by atoms with van der Waals surface area (Å²) in [5.41, 5.74) is 1.75. The van der Waals surface area contributed by atoms with Crippen LogP contribution in [0.3, 0.4) is 0 Å². The van der Waals surface area contributed by atoms with Gasteiger partial charge in [-0.05, 0) is 29.8 Å². The van der Waals surface area contributed by atoms with E-state index < -0.39 is 5.69 Å². The molecule has 1 aliphatic heterocycles. The molecule has 1 aliphatic rings. The van der Waals surface area contributed by atoms with Gasteiger partial charge in [-0.25, -0.2) is 9.36 Å². The number of aromatic nitrogens is 2. The third-order valence-corrected chi connectivity index (χ3v) is 5.09. The average molecular weight is 384 g/mol. The Kier molecular flexibility index (Phi) is 4.83. The summed E-state index contributed by atoms with van der Waals surface area (Å²) in [6.07, 6.45) is 0.932. The zero-order chi connectivity index (χ0) is 18.8. The van der Waals surface area contributed by atoms with E-state index in [1.807, 2.05) is 18.2 Å². The number of benzene rings is 2. The van der Waals surface area contributed by atoms with Crippen molar-refractivity contribution in [3.05, 3.63) is 91.6 Å². The van der Waals surface area contributed by atoms with E-state index in [4.69, 9.17) is 11.6 Å². The Balaban J connectivity index is 1.62. The fourth-order valence-electron chi connectivity index (χ4n) is 3.42. The molecule has 2 aromatic carbocycles. The Morgan fingerprint density at radius 3 is 2.52 bits per heavy atom. The number of anilines is 1. The molecule has 0 saturated carbocycles. The molecule has 7 heteroatoms. The second-order valence-corrected chi connectivity index (χ2v) is 7.10. The highest BCUT2D eigenvalue weighted by atomic mass is 35.5. The molecule has 0 saturated heterocycles. The monoisotopic (exact) mass is 383 g/mol. The molecule has 1 atom stereocenters. The van der Waals surface area contributed by atoms with Crippen molar-refractivity contribution in [1.29, 1.82) is 0 Å². The molecule has 138 valence electrons. The van der Waals surface area contributed by atoms with Crippen molar-refractivity contribution >= 4 is 17.4 Å². The highest BCUT2D eigenvalue weighted by molar-refractivity contribution is 6.30. The second kappa shape index (κ2) is 7.42. The molecule has 0 spiro atoms. The van der Waals surface area contributed by atoms with Crippen LogP contribution in [-0.4, -0.2) is 22.8 Å². The van der Waals surface area contributed by atoms with Crippen LogP contribution in [0.4, 0.5) is 5.82 Å². The number of hydrogen-bond donors (Lipinski definition) is 3. The molecule has 0 bridgehead atoms. The first-order chi connectivity index (χ1) is 13.1. The van der Waals surface area contributed by atoms with Gasteiger partial charge < -0.3 is 10.2 Å². The predicted octanol–water partition coefficient (Wildman–Crippen LogP) is 1.19. The van der Waals surface area contributed by atoms with Gasteiger partial charge in [0.15, 0.2) is 6.67 Å². The maximum absolute atomic E-state index is 12.4. The molecule has 0 amide bonds. The normalized spacial score (nSPS) is 15.8. The van der Waals surface area contributed by atoms with Gasteiger partial charge in [-0.3, -0.25) is 9.78 Å². The first kappa shape index (κ1) is 17.6. The molecule has 1 aromatic heterocycles. The lowest BCUT2D eigenvalue weighted by Crippen LogP contribution is -3.13. The van der Waals surface area contributed by atoms with Crippen LogP contribution in [0.25, 0.3) is 5.69 Å². The number of quaternary nitrogens is 1. The maximum atomic E-state index is 12.4. The number of nitrogens with zero attached hydrogens (tertiary/aromatic N) is 1. The van der Waals surface area contributed by atoms with E-state index in [1.54, 1.807) is 24.3 Å². The SMILES string of the molecule is O=c1[nH]c(=O)n(-c2ccc(Cl)cc2)c2c1C[NH+](CCc1ccccc1)CN2. The maximum Gasteiger partial charge on any atom is 0.334 e. The van der Waals surface area contributed by atoms with Gasteiger partial charge in [0, 0.05) is 11.4 Å². The van der Waals surface area contributed by atoms with E-state index in [2.05, 4.69) is 22.4 Å². The molecule has 4 rings (SSSR count). The van der Waals surface area contributed by atoms with Gasteiger partial charge in [-0.1, -0.05) is 41.9 Å². The third-order valence-electron chi connectivity index (χ3n) is 4.83. The Labute approximate surface area is 161 Å². The van der Waals surface area contributed by atoms with Gasteiger partial charge in [0.2, 0.25) is 0 Å². The molecule has 3 aromatic rings. The highest BCUT2D eigenvalue weighted by Gasteiger charge is 2.25. The van der Waals surface area contributed by atoms with Gasteiger partial charge in [0.1, 0.15) is 17.9 Å². The minimum Gasteiger partial charge on any atom is -0.324 e. The lowest BCUT2D eigenvalue weighted by molar-refractivity contribution is -0.912. The number of halogens is 1. The first-order valence-corrected chi connectivity index (χ1v) is 9.25. The minimum atomic E-state index is -0.457. The van der Waals surface area contributed by atoms with Crippen LogP contribution in [0.2, 0.25) is 5.02 Å². The van der Waals surface area contributed by atoms with Crippen LogP contribution in [0, 0.1) is 0 Å². The van der Waals surface area contributed by atoms with E-state index in [9.17, 15) is 9.59 Å². The van der Waals surface area contributed by atoms with Crippen LogP contribution in [0.15, 0.2) is 64.2 Å². The summed E-state index contributed by atoms with van der Waals surface area (Å²) >= 11 is 5.95. The standard InChI is InChI=1S/C20H19ClN4O2/c21-15-6-8-16(9-7-15)25-18-17(19(26)23-20(25)27)12-24(13-22-18)11-10-14-4-2-1-3-5-14/h1-9,22H,10-13H2,(H,23,26,27)/p+1. The number of H-pyrrole nitrogens is 1. The second-order valence-electron chi connectivity index (χ2n) is 6.66. The quantitative estimate of drug-likeness (QED) is 0.633. The Morgan fingerprint density at radius 2 is 1.78 bits per heavy atom. The van der Waals surface area contributed by atoms with Crippen molar-refractivity contribution in [1.82, 2.24) is 9.55 Å². The van der Waals surface area contributed by atoms with E-state index in [0.717, 1.165) is 13.0 Å². The van der Waals surface area contributed by atoms with Crippen LogP contribution in [0.5, 0.6) is 0 Å². The Morgan fingerprint density at radius 1 is 1.04 bits per heavy atom. The van der Waals surface area contributed by atoms with E-state index in [0.29, 0.717) is 35.3 Å². The van der Waals surface area contributed by atoms with E-state index >= 15 is 0 Å². The zero-order valence-corrected chi connectivity index (χ0v) is 15.4. The number of aromatic amines is 1. The molecule has 27 heavy (non-hydrogen) atoms. The van der Waals surface area contributed by atoms with Gasteiger partial charge >= 0.3 is 5.69 Å².